The highest BCUT2D eigenvalue weighted by molar-refractivity contribution is 6.42. The average Bonchev–Trinajstić information content (AvgIpc) is 2.56. The Morgan fingerprint density at radius 3 is 2.62 bits per heavy atom. The summed E-state index contributed by atoms with van der Waals surface area (Å²) >= 11 is 11.8. The van der Waals surface area contributed by atoms with Gasteiger partial charge >= 0.3 is 0 Å². The Balaban J connectivity index is 1.84. The van der Waals surface area contributed by atoms with Crippen molar-refractivity contribution >= 4 is 41.0 Å². The van der Waals surface area contributed by atoms with Gasteiger partial charge in [-0.2, -0.15) is 5.10 Å². The molecule has 0 saturated heterocycles. The molecule has 0 aromatic heterocycles. The van der Waals surface area contributed by atoms with Crippen molar-refractivity contribution in [3.63, 3.8) is 0 Å². The number of hydrogen-bond acceptors (Lipinski definition) is 5. The van der Waals surface area contributed by atoms with Gasteiger partial charge in [-0.25, -0.2) is 5.43 Å². The monoisotopic (exact) mass is 367 g/mol. The normalized spacial score (nSPS) is 10.6. The van der Waals surface area contributed by atoms with E-state index in [-0.39, 0.29) is 17.3 Å². The first-order chi connectivity index (χ1) is 11.5. The number of carbonyl (C=O) groups excluding carboxylic acids is 1. The lowest BCUT2D eigenvalue weighted by Gasteiger charge is -2.07. The Morgan fingerprint density at radius 2 is 1.96 bits per heavy atom. The summed E-state index contributed by atoms with van der Waals surface area (Å²) in [6.07, 6.45) is 1.36. The van der Waals surface area contributed by atoms with Crippen LogP contribution in [0.25, 0.3) is 0 Å². The van der Waals surface area contributed by atoms with E-state index in [0.29, 0.717) is 16.3 Å². The van der Waals surface area contributed by atoms with Crippen LogP contribution in [-0.4, -0.2) is 23.7 Å². The van der Waals surface area contributed by atoms with E-state index in [4.69, 9.17) is 27.9 Å². The highest BCUT2D eigenvalue weighted by Crippen LogP contribution is 2.31. The molecule has 0 bridgehead atoms. The fourth-order valence-electron chi connectivity index (χ4n) is 1.63. The molecule has 1 N–H and O–H groups in total. The summed E-state index contributed by atoms with van der Waals surface area (Å²) in [6.45, 7) is -0.294. The number of halogens is 2. The number of nitro groups is 1. The number of ether oxygens (including phenoxy) is 1. The third-order valence-electron chi connectivity index (χ3n) is 2.78. The van der Waals surface area contributed by atoms with Crippen LogP contribution in [0.5, 0.6) is 5.75 Å². The fourth-order valence-corrected chi connectivity index (χ4v) is 1.98. The smallest absolute Gasteiger partial charge is 0.277 e. The first-order valence-electron chi connectivity index (χ1n) is 6.60. The lowest BCUT2D eigenvalue weighted by molar-refractivity contribution is -0.384. The van der Waals surface area contributed by atoms with Crippen LogP contribution >= 0.6 is 23.2 Å². The van der Waals surface area contributed by atoms with Crippen LogP contribution in [0.2, 0.25) is 10.0 Å². The molecule has 1 amide bonds. The zero-order valence-corrected chi connectivity index (χ0v) is 13.6. The first kappa shape index (κ1) is 17.7. The Kier molecular flexibility index (Phi) is 6.11. The van der Waals surface area contributed by atoms with Crippen molar-refractivity contribution in [2.45, 2.75) is 0 Å². The van der Waals surface area contributed by atoms with Crippen LogP contribution in [0.15, 0.2) is 47.6 Å². The Labute approximate surface area is 147 Å². The predicted molar refractivity (Wildman–Crippen MR) is 90.8 cm³/mol. The number of nitro benzene ring substituents is 1. The summed E-state index contributed by atoms with van der Waals surface area (Å²) in [5, 5.41) is 14.8. The summed E-state index contributed by atoms with van der Waals surface area (Å²) in [4.78, 5) is 21.7. The van der Waals surface area contributed by atoms with Gasteiger partial charge in [0.25, 0.3) is 11.6 Å². The minimum Gasteiger partial charge on any atom is -0.482 e. The molecule has 0 radical (unpaired) electrons. The van der Waals surface area contributed by atoms with E-state index in [9.17, 15) is 14.9 Å². The van der Waals surface area contributed by atoms with Crippen LogP contribution in [0.4, 0.5) is 5.69 Å². The summed E-state index contributed by atoms with van der Waals surface area (Å²) in [7, 11) is 0. The van der Waals surface area contributed by atoms with E-state index in [1.807, 2.05) is 0 Å². The zero-order chi connectivity index (χ0) is 17.5. The van der Waals surface area contributed by atoms with Crippen LogP contribution in [0, 0.1) is 10.1 Å². The lowest BCUT2D eigenvalue weighted by atomic mass is 10.2. The SMILES string of the molecule is O=C(COc1cccc(Cl)c1Cl)NN=Cc1ccc([N+](=O)[O-])cc1. The van der Waals surface area contributed by atoms with Crippen LogP contribution in [-0.2, 0) is 4.79 Å². The molecule has 0 spiro atoms. The molecule has 0 aliphatic carbocycles. The predicted octanol–water partition coefficient (Wildman–Crippen LogP) is 3.43. The summed E-state index contributed by atoms with van der Waals surface area (Å²) in [5.41, 5.74) is 2.84. The number of non-ortho nitro benzene ring substituents is 1. The highest BCUT2D eigenvalue weighted by atomic mass is 35.5. The topological polar surface area (TPSA) is 93.8 Å². The maximum atomic E-state index is 11.6. The standard InChI is InChI=1S/C15H11Cl2N3O4/c16-12-2-1-3-13(15(12)17)24-9-14(21)19-18-8-10-4-6-11(7-5-10)20(22)23/h1-8H,9H2,(H,19,21). The fraction of sp³-hybridized carbons (Fsp3) is 0.0667. The molecular weight excluding hydrogens is 357 g/mol. The second-order valence-corrected chi connectivity index (χ2v) is 5.27. The highest BCUT2D eigenvalue weighted by Gasteiger charge is 2.08. The van der Waals surface area contributed by atoms with Crippen molar-refractivity contribution in [3.05, 3.63) is 68.2 Å². The maximum Gasteiger partial charge on any atom is 0.277 e. The van der Waals surface area contributed by atoms with Crippen molar-refractivity contribution in [2.75, 3.05) is 6.61 Å². The maximum absolute atomic E-state index is 11.6. The molecule has 0 unspecified atom stereocenters. The number of carbonyl (C=O) groups is 1. The molecule has 0 atom stereocenters. The van der Waals surface area contributed by atoms with Gasteiger partial charge in [0, 0.05) is 12.1 Å². The van der Waals surface area contributed by atoms with Crippen LogP contribution in [0.1, 0.15) is 5.56 Å². The zero-order valence-electron chi connectivity index (χ0n) is 12.1. The molecule has 2 aromatic carbocycles. The number of nitrogens with zero attached hydrogens (tertiary/aromatic N) is 2. The van der Waals surface area contributed by atoms with Gasteiger partial charge in [-0.15, -0.1) is 0 Å². The van der Waals surface area contributed by atoms with Crippen molar-refractivity contribution in [3.8, 4) is 5.75 Å². The summed E-state index contributed by atoms with van der Waals surface area (Å²) in [6, 6.07) is 10.5. The quantitative estimate of drug-likeness (QED) is 0.480. The largest absolute Gasteiger partial charge is 0.482 e. The van der Waals surface area contributed by atoms with Gasteiger partial charge in [0.15, 0.2) is 6.61 Å². The molecule has 124 valence electrons. The molecule has 2 aromatic rings. The number of hydrogen-bond donors (Lipinski definition) is 1. The van der Waals surface area contributed by atoms with Crippen molar-refractivity contribution in [1.29, 1.82) is 0 Å². The number of hydrazone groups is 1. The van der Waals surface area contributed by atoms with Gasteiger partial charge < -0.3 is 4.74 Å². The lowest BCUT2D eigenvalue weighted by Crippen LogP contribution is -2.24. The van der Waals surface area contributed by atoms with Gasteiger partial charge in [0.1, 0.15) is 10.8 Å². The molecule has 24 heavy (non-hydrogen) atoms. The number of benzene rings is 2. The number of amides is 1. The Morgan fingerprint density at radius 1 is 1.25 bits per heavy atom. The third-order valence-corrected chi connectivity index (χ3v) is 3.58. The van der Waals surface area contributed by atoms with E-state index in [1.54, 1.807) is 18.2 Å². The molecule has 9 heteroatoms. The van der Waals surface area contributed by atoms with Gasteiger partial charge in [0.05, 0.1) is 16.2 Å². The van der Waals surface area contributed by atoms with Crippen LogP contribution < -0.4 is 10.2 Å². The number of nitrogens with one attached hydrogen (secondary N) is 1. The molecule has 0 saturated carbocycles. The number of rotatable bonds is 6. The molecule has 7 nitrogen and oxygen atoms in total. The van der Waals surface area contributed by atoms with Gasteiger partial charge in [-0.05, 0) is 29.8 Å². The van der Waals surface area contributed by atoms with Crippen molar-refractivity contribution < 1.29 is 14.5 Å². The summed E-state index contributed by atoms with van der Waals surface area (Å²) < 4.78 is 5.25. The molecule has 2 rings (SSSR count). The second-order valence-electron chi connectivity index (χ2n) is 4.48. The molecular formula is C15H11Cl2N3O4. The van der Waals surface area contributed by atoms with E-state index in [2.05, 4.69) is 10.5 Å². The molecule has 0 aliphatic rings. The Bertz CT molecular complexity index is 779. The second kappa shape index (κ2) is 8.28. The van der Waals surface area contributed by atoms with Crippen LogP contribution in [0.3, 0.4) is 0 Å². The van der Waals surface area contributed by atoms with E-state index < -0.39 is 10.8 Å². The molecule has 0 fully saturated rings. The molecule has 0 heterocycles. The van der Waals surface area contributed by atoms with E-state index in [0.717, 1.165) is 0 Å². The van der Waals surface area contributed by atoms with Crippen molar-refractivity contribution in [2.24, 2.45) is 5.10 Å². The van der Waals surface area contributed by atoms with E-state index in [1.165, 1.54) is 30.5 Å². The average molecular weight is 368 g/mol. The van der Waals surface area contributed by atoms with Gasteiger partial charge in [0.2, 0.25) is 0 Å². The third kappa shape index (κ3) is 4.94. The van der Waals surface area contributed by atoms with Crippen molar-refractivity contribution in [1.82, 2.24) is 5.43 Å². The molecule has 0 aliphatic heterocycles. The minimum absolute atomic E-state index is 0.0250. The first-order valence-corrected chi connectivity index (χ1v) is 7.36. The van der Waals surface area contributed by atoms with E-state index >= 15 is 0 Å². The Hall–Kier alpha value is -2.64. The van der Waals surface area contributed by atoms with Gasteiger partial charge in [-0.3, -0.25) is 14.9 Å². The summed E-state index contributed by atoms with van der Waals surface area (Å²) in [5.74, 6) is -0.206. The van der Waals surface area contributed by atoms with Gasteiger partial charge in [-0.1, -0.05) is 29.3 Å². The minimum atomic E-state index is -0.499.